The van der Waals surface area contributed by atoms with Gasteiger partial charge < -0.3 is 57.7 Å². The van der Waals surface area contributed by atoms with Crippen LogP contribution in [-0.4, -0.2) is 80.9 Å². The molecule has 0 rings (SSSR count). The van der Waals surface area contributed by atoms with Crippen LogP contribution >= 0.6 is 0 Å². The van der Waals surface area contributed by atoms with E-state index in [1.165, 1.54) is 6.42 Å². The molecule has 0 aromatic rings. The van der Waals surface area contributed by atoms with Gasteiger partial charge in [0.1, 0.15) is 0 Å². The molecule has 0 aromatic carbocycles. The van der Waals surface area contributed by atoms with Crippen LogP contribution in [0.2, 0.25) is 0 Å². The van der Waals surface area contributed by atoms with Crippen molar-refractivity contribution in [2.75, 3.05) is 0 Å². The van der Waals surface area contributed by atoms with Crippen molar-refractivity contribution in [2.24, 2.45) is 5.41 Å². The fourth-order valence-electron chi connectivity index (χ4n) is 1.11. The van der Waals surface area contributed by atoms with Crippen molar-refractivity contribution in [1.29, 1.82) is 0 Å². The SMILES string of the molecule is CC(C)(C)CCCCCC(=O)O.O.O.O.O.O=[N+]([O-])[O-].O=[N+]([O-])[O-].[Ca+2]. The molecule has 0 heterocycles. The summed E-state index contributed by atoms with van der Waals surface area (Å²) in [4.78, 5) is 26.7. The van der Waals surface area contributed by atoms with Crippen molar-refractivity contribution in [3.05, 3.63) is 30.6 Å². The smallest absolute Gasteiger partial charge is 0.481 e. The largest absolute Gasteiger partial charge is 2.00 e. The van der Waals surface area contributed by atoms with Crippen LogP contribution in [0, 0.1) is 36.1 Å². The molecule has 0 amide bonds. The van der Waals surface area contributed by atoms with Crippen LogP contribution in [0.4, 0.5) is 0 Å². The molecule has 0 saturated heterocycles. The van der Waals surface area contributed by atoms with E-state index in [0.29, 0.717) is 11.8 Å². The summed E-state index contributed by atoms with van der Waals surface area (Å²) >= 11 is 0. The van der Waals surface area contributed by atoms with Crippen LogP contribution in [0.15, 0.2) is 0 Å². The Hall–Kier alpha value is -1.03. The maximum atomic E-state index is 10.2. The fraction of sp³-hybridized carbons (Fsp3) is 0.900. The Balaban J connectivity index is -0.0000000321. The van der Waals surface area contributed by atoms with Crippen LogP contribution in [0.3, 0.4) is 0 Å². The van der Waals surface area contributed by atoms with Gasteiger partial charge in [-0.3, -0.25) is 4.79 Å². The van der Waals surface area contributed by atoms with Gasteiger partial charge >= 0.3 is 43.7 Å². The van der Waals surface area contributed by atoms with Crippen molar-refractivity contribution in [3.8, 4) is 0 Å². The van der Waals surface area contributed by atoms with Crippen molar-refractivity contribution in [2.45, 2.75) is 52.9 Å². The molecule has 15 heteroatoms. The Kier molecular flexibility index (Phi) is 61.1. The summed E-state index contributed by atoms with van der Waals surface area (Å²) in [5, 5.41) is 37.9. The van der Waals surface area contributed by atoms with Crippen LogP contribution in [0.25, 0.3) is 0 Å². The first-order valence-electron chi connectivity index (χ1n) is 5.73. The summed E-state index contributed by atoms with van der Waals surface area (Å²) in [6, 6.07) is 0. The number of unbranched alkanes of at least 4 members (excludes halogenated alkanes) is 2. The minimum absolute atomic E-state index is 0. The number of rotatable bonds is 5. The second kappa shape index (κ2) is 30.8. The zero-order valence-electron chi connectivity index (χ0n) is 14.4. The van der Waals surface area contributed by atoms with E-state index in [1.807, 2.05) is 0 Å². The molecule has 0 radical (unpaired) electrons. The first kappa shape index (κ1) is 49.6. The Morgan fingerprint density at radius 2 is 1.12 bits per heavy atom. The number of carboxylic acids is 1. The Bertz CT molecular complexity index is 278. The number of hydrogen-bond donors (Lipinski definition) is 1. The van der Waals surface area contributed by atoms with Crippen molar-refractivity contribution < 1.29 is 42.0 Å². The number of aliphatic carboxylic acids is 1. The van der Waals surface area contributed by atoms with E-state index in [1.54, 1.807) is 0 Å². The van der Waals surface area contributed by atoms with Gasteiger partial charge in [0.05, 0.1) is 10.2 Å². The van der Waals surface area contributed by atoms with Crippen LogP contribution in [-0.2, 0) is 4.79 Å². The summed E-state index contributed by atoms with van der Waals surface area (Å²) in [6.07, 6.45) is 4.53. The topological polar surface area (TPSA) is 296 Å². The Morgan fingerprint density at radius 1 is 0.840 bits per heavy atom. The maximum Gasteiger partial charge on any atom is 2.00 e. The van der Waals surface area contributed by atoms with E-state index in [0.717, 1.165) is 19.3 Å². The van der Waals surface area contributed by atoms with E-state index >= 15 is 0 Å². The number of nitrogens with zero attached hydrogens (tertiary/aromatic N) is 2. The predicted octanol–water partition coefficient (Wildman–Crippen LogP) is -1.09. The van der Waals surface area contributed by atoms with Gasteiger partial charge in [-0.2, -0.15) is 0 Å². The number of carboxylic acid groups (broad SMARTS) is 1. The molecule has 14 nitrogen and oxygen atoms in total. The predicted molar refractivity (Wildman–Crippen MR) is 91.1 cm³/mol. The summed E-state index contributed by atoms with van der Waals surface area (Å²) in [5.41, 5.74) is 0.392. The van der Waals surface area contributed by atoms with Crippen molar-refractivity contribution in [3.63, 3.8) is 0 Å². The molecule has 0 aliphatic carbocycles. The quantitative estimate of drug-likeness (QED) is 0.251. The molecule has 25 heavy (non-hydrogen) atoms. The second-order valence-corrected chi connectivity index (χ2v) is 4.96. The molecular formula is C10H28CaN2O12. The van der Waals surface area contributed by atoms with E-state index in [9.17, 15) is 4.79 Å². The van der Waals surface area contributed by atoms with Crippen molar-refractivity contribution >= 4 is 43.7 Å². The van der Waals surface area contributed by atoms with Gasteiger partial charge in [-0.05, 0) is 18.3 Å². The zero-order valence-corrected chi connectivity index (χ0v) is 16.7. The van der Waals surface area contributed by atoms with Gasteiger partial charge in [-0.15, -0.1) is 0 Å². The molecule has 152 valence electrons. The molecule has 0 atom stereocenters. The average molecular weight is 408 g/mol. The molecule has 0 bridgehead atoms. The minimum atomic E-state index is -1.75. The second-order valence-electron chi connectivity index (χ2n) is 4.96. The van der Waals surface area contributed by atoms with Gasteiger partial charge in [-0.1, -0.05) is 33.6 Å². The molecule has 0 aromatic heterocycles. The zero-order chi connectivity index (χ0) is 16.8. The van der Waals surface area contributed by atoms with E-state index in [4.69, 9.17) is 35.7 Å². The van der Waals surface area contributed by atoms with Gasteiger partial charge in [0.25, 0.3) is 0 Å². The average Bonchev–Trinajstić information content (AvgIpc) is 2.12. The third-order valence-corrected chi connectivity index (χ3v) is 1.82. The Morgan fingerprint density at radius 3 is 1.32 bits per heavy atom. The standard InChI is InChI=1S/C10H20O2.Ca.2NO3.4H2O/c1-10(2,3)8-6-4-5-7-9(11)12;;2*2-1(3)4;;;;/h4-8H2,1-3H3,(H,11,12);;;;4*1H2/q;+2;2*-1;;;;. The van der Waals surface area contributed by atoms with Crippen LogP contribution in [0.1, 0.15) is 52.9 Å². The summed E-state index contributed by atoms with van der Waals surface area (Å²) in [6.45, 7) is 6.64. The summed E-state index contributed by atoms with van der Waals surface area (Å²) < 4.78 is 0. The van der Waals surface area contributed by atoms with E-state index < -0.39 is 16.1 Å². The van der Waals surface area contributed by atoms with Gasteiger partial charge in [0.2, 0.25) is 0 Å². The van der Waals surface area contributed by atoms with Crippen LogP contribution in [0.5, 0.6) is 0 Å². The molecule has 0 aliphatic heterocycles. The third-order valence-electron chi connectivity index (χ3n) is 1.82. The molecule has 0 aliphatic rings. The van der Waals surface area contributed by atoms with Gasteiger partial charge in [0, 0.05) is 6.42 Å². The molecule has 0 fully saturated rings. The number of hydrogen-bond acceptors (Lipinski definition) is 7. The maximum absolute atomic E-state index is 10.2. The summed E-state index contributed by atoms with van der Waals surface area (Å²) in [5.74, 6) is -0.675. The fourth-order valence-corrected chi connectivity index (χ4v) is 1.11. The molecule has 0 unspecified atom stereocenters. The first-order valence-corrected chi connectivity index (χ1v) is 5.73. The molecule has 0 saturated carbocycles. The van der Waals surface area contributed by atoms with E-state index in [-0.39, 0.29) is 59.6 Å². The molecule has 9 N–H and O–H groups in total. The first-order chi connectivity index (χ1) is 8.88. The van der Waals surface area contributed by atoms with Crippen molar-refractivity contribution in [1.82, 2.24) is 0 Å². The normalized spacial score (nSPS) is 7.48. The number of carbonyl (C=O) groups is 1. The van der Waals surface area contributed by atoms with Gasteiger partial charge in [-0.25, -0.2) is 0 Å². The molecular weight excluding hydrogens is 380 g/mol. The Labute approximate surface area is 174 Å². The minimum Gasteiger partial charge on any atom is -0.481 e. The summed E-state index contributed by atoms with van der Waals surface area (Å²) in [7, 11) is 0. The monoisotopic (exact) mass is 408 g/mol. The van der Waals surface area contributed by atoms with E-state index in [2.05, 4.69) is 20.8 Å². The van der Waals surface area contributed by atoms with Gasteiger partial charge in [0.15, 0.2) is 0 Å². The molecule has 0 spiro atoms. The third kappa shape index (κ3) is 159. The van der Waals surface area contributed by atoms with Crippen LogP contribution < -0.4 is 0 Å².